The fourth-order valence-corrected chi connectivity index (χ4v) is 1.68. The largest absolute Gasteiger partial charge is 0.480 e. The van der Waals surface area contributed by atoms with Crippen molar-refractivity contribution in [1.29, 1.82) is 0 Å². The van der Waals surface area contributed by atoms with Gasteiger partial charge in [0.25, 0.3) is 5.91 Å². The Kier molecular flexibility index (Phi) is 3.79. The molecule has 0 saturated heterocycles. The van der Waals surface area contributed by atoms with E-state index in [-0.39, 0.29) is 11.8 Å². The van der Waals surface area contributed by atoms with Crippen LogP contribution in [0.1, 0.15) is 10.4 Å². The molecule has 0 saturated carbocycles. The first kappa shape index (κ1) is 12.4. The number of anilines is 1. The highest BCUT2D eigenvalue weighted by Crippen LogP contribution is 2.18. The fraction of sp³-hybridized carbons (Fsp3) is 0.0769. The van der Waals surface area contributed by atoms with Gasteiger partial charge >= 0.3 is 0 Å². The van der Waals surface area contributed by atoms with Gasteiger partial charge in [0.1, 0.15) is 5.56 Å². The zero-order chi connectivity index (χ0) is 13.0. The number of halogens is 1. The third-order valence-corrected chi connectivity index (χ3v) is 2.53. The maximum Gasteiger partial charge on any atom is 0.261 e. The van der Waals surface area contributed by atoms with E-state index < -0.39 is 0 Å². The van der Waals surface area contributed by atoms with Crippen LogP contribution in [0, 0.1) is 0 Å². The summed E-state index contributed by atoms with van der Waals surface area (Å²) in [6, 6.07) is 10.2. The Morgan fingerprint density at radius 2 is 2.17 bits per heavy atom. The van der Waals surface area contributed by atoms with E-state index in [4.69, 9.17) is 16.3 Å². The highest BCUT2D eigenvalue weighted by atomic mass is 35.5. The number of carbonyl (C=O) groups is 1. The summed E-state index contributed by atoms with van der Waals surface area (Å²) < 4.78 is 5.03. The van der Waals surface area contributed by atoms with Gasteiger partial charge in [0.2, 0.25) is 5.88 Å². The number of nitrogens with one attached hydrogen (secondary N) is 1. The summed E-state index contributed by atoms with van der Waals surface area (Å²) in [5.41, 5.74) is 0.999. The molecule has 0 fully saturated rings. The first-order valence-electron chi connectivity index (χ1n) is 5.26. The van der Waals surface area contributed by atoms with Crippen molar-refractivity contribution in [2.75, 3.05) is 12.4 Å². The van der Waals surface area contributed by atoms with Crippen LogP contribution >= 0.6 is 11.6 Å². The number of amides is 1. The lowest BCUT2D eigenvalue weighted by molar-refractivity contribution is 0.102. The lowest BCUT2D eigenvalue weighted by atomic mass is 10.2. The predicted molar refractivity (Wildman–Crippen MR) is 70.2 cm³/mol. The predicted octanol–water partition coefficient (Wildman–Crippen LogP) is 3.00. The molecule has 2 rings (SSSR count). The average Bonchev–Trinajstić information content (AvgIpc) is 2.38. The standard InChI is InChI=1S/C13H11ClN2O2/c1-18-13-11(6-3-7-15-13)12(17)16-10-5-2-4-9(14)8-10/h2-8H,1H3,(H,16,17). The van der Waals surface area contributed by atoms with Crippen LogP contribution in [0.3, 0.4) is 0 Å². The second-order valence-corrected chi connectivity index (χ2v) is 3.96. The van der Waals surface area contributed by atoms with Crippen molar-refractivity contribution in [2.45, 2.75) is 0 Å². The Bertz CT molecular complexity index is 572. The summed E-state index contributed by atoms with van der Waals surface area (Å²) >= 11 is 5.84. The van der Waals surface area contributed by atoms with E-state index in [0.717, 1.165) is 0 Å². The van der Waals surface area contributed by atoms with Gasteiger partial charge in [-0.2, -0.15) is 0 Å². The molecule has 0 bridgehead atoms. The molecule has 92 valence electrons. The van der Waals surface area contributed by atoms with E-state index in [9.17, 15) is 4.79 Å². The number of benzene rings is 1. The van der Waals surface area contributed by atoms with E-state index in [1.165, 1.54) is 7.11 Å². The van der Waals surface area contributed by atoms with Crippen LogP contribution in [-0.4, -0.2) is 18.0 Å². The number of aromatic nitrogens is 1. The van der Waals surface area contributed by atoms with Gasteiger partial charge in [-0.25, -0.2) is 4.98 Å². The van der Waals surface area contributed by atoms with Crippen molar-refractivity contribution in [1.82, 2.24) is 4.98 Å². The van der Waals surface area contributed by atoms with Gasteiger partial charge in [-0.15, -0.1) is 0 Å². The number of hydrogen-bond donors (Lipinski definition) is 1. The summed E-state index contributed by atoms with van der Waals surface area (Å²) in [5, 5.41) is 3.29. The normalized spacial score (nSPS) is 9.89. The number of methoxy groups -OCH3 is 1. The van der Waals surface area contributed by atoms with Gasteiger partial charge in [0, 0.05) is 16.9 Å². The minimum Gasteiger partial charge on any atom is -0.480 e. The van der Waals surface area contributed by atoms with Crippen molar-refractivity contribution < 1.29 is 9.53 Å². The molecule has 0 aliphatic carbocycles. The molecule has 1 aromatic heterocycles. The topological polar surface area (TPSA) is 51.2 Å². The minimum absolute atomic E-state index is 0.289. The maximum absolute atomic E-state index is 12.0. The van der Waals surface area contributed by atoms with E-state index in [1.54, 1.807) is 42.6 Å². The molecular weight excluding hydrogens is 252 g/mol. The molecule has 0 unspecified atom stereocenters. The second kappa shape index (κ2) is 5.51. The highest BCUT2D eigenvalue weighted by molar-refractivity contribution is 6.31. The molecule has 2 aromatic rings. The molecule has 0 aliphatic rings. The molecule has 0 radical (unpaired) electrons. The van der Waals surface area contributed by atoms with Crippen LogP contribution in [0.2, 0.25) is 5.02 Å². The Morgan fingerprint density at radius 1 is 1.33 bits per heavy atom. The van der Waals surface area contributed by atoms with Crippen molar-refractivity contribution >= 4 is 23.2 Å². The van der Waals surface area contributed by atoms with Crippen LogP contribution in [-0.2, 0) is 0 Å². The highest BCUT2D eigenvalue weighted by Gasteiger charge is 2.12. The van der Waals surface area contributed by atoms with E-state index in [0.29, 0.717) is 16.3 Å². The number of pyridine rings is 1. The van der Waals surface area contributed by atoms with Gasteiger partial charge in [-0.1, -0.05) is 17.7 Å². The van der Waals surface area contributed by atoms with Gasteiger partial charge in [-0.05, 0) is 30.3 Å². The van der Waals surface area contributed by atoms with E-state index >= 15 is 0 Å². The minimum atomic E-state index is -0.290. The van der Waals surface area contributed by atoms with Crippen molar-refractivity contribution in [3.63, 3.8) is 0 Å². The second-order valence-electron chi connectivity index (χ2n) is 3.52. The molecule has 1 amide bonds. The van der Waals surface area contributed by atoms with Crippen LogP contribution in [0.4, 0.5) is 5.69 Å². The first-order valence-corrected chi connectivity index (χ1v) is 5.64. The zero-order valence-corrected chi connectivity index (χ0v) is 10.4. The van der Waals surface area contributed by atoms with Gasteiger partial charge in [0.15, 0.2) is 0 Å². The molecule has 4 nitrogen and oxygen atoms in total. The SMILES string of the molecule is COc1ncccc1C(=O)Nc1cccc(Cl)c1. The first-order chi connectivity index (χ1) is 8.70. The Balaban J connectivity index is 2.22. The molecule has 1 heterocycles. The number of ether oxygens (including phenoxy) is 1. The summed E-state index contributed by atoms with van der Waals surface area (Å²) in [6.45, 7) is 0. The van der Waals surface area contributed by atoms with E-state index in [2.05, 4.69) is 10.3 Å². The van der Waals surface area contributed by atoms with Gasteiger partial charge in [-0.3, -0.25) is 4.79 Å². The molecule has 18 heavy (non-hydrogen) atoms. The maximum atomic E-state index is 12.0. The average molecular weight is 263 g/mol. The molecular formula is C13H11ClN2O2. The van der Waals surface area contributed by atoms with Crippen LogP contribution in [0.5, 0.6) is 5.88 Å². The Morgan fingerprint density at radius 3 is 2.89 bits per heavy atom. The number of nitrogens with zero attached hydrogens (tertiary/aromatic N) is 1. The number of hydrogen-bond acceptors (Lipinski definition) is 3. The van der Waals surface area contributed by atoms with Crippen molar-refractivity contribution in [3.05, 3.63) is 53.2 Å². The fourth-order valence-electron chi connectivity index (χ4n) is 1.49. The monoisotopic (exact) mass is 262 g/mol. The Hall–Kier alpha value is -2.07. The molecule has 0 atom stereocenters. The molecule has 1 N–H and O–H groups in total. The summed E-state index contributed by atoms with van der Waals surface area (Å²) in [4.78, 5) is 16.0. The van der Waals surface area contributed by atoms with Crippen LogP contribution < -0.4 is 10.1 Å². The molecule has 5 heteroatoms. The van der Waals surface area contributed by atoms with Crippen LogP contribution in [0.15, 0.2) is 42.6 Å². The Labute approximate surface area is 110 Å². The summed E-state index contributed by atoms with van der Waals surface area (Å²) in [6.07, 6.45) is 1.56. The number of rotatable bonds is 3. The summed E-state index contributed by atoms with van der Waals surface area (Å²) in [5.74, 6) is -0.000699. The molecule has 0 spiro atoms. The van der Waals surface area contributed by atoms with Crippen molar-refractivity contribution in [3.8, 4) is 5.88 Å². The lowest BCUT2D eigenvalue weighted by Gasteiger charge is -2.08. The van der Waals surface area contributed by atoms with Gasteiger partial charge in [0.05, 0.1) is 7.11 Å². The van der Waals surface area contributed by atoms with Crippen molar-refractivity contribution in [2.24, 2.45) is 0 Å². The molecule has 0 aliphatic heterocycles. The third kappa shape index (κ3) is 2.78. The van der Waals surface area contributed by atoms with Crippen LogP contribution in [0.25, 0.3) is 0 Å². The quantitative estimate of drug-likeness (QED) is 0.925. The molecule has 1 aromatic carbocycles. The third-order valence-electron chi connectivity index (χ3n) is 2.29. The van der Waals surface area contributed by atoms with Gasteiger partial charge < -0.3 is 10.1 Å². The smallest absolute Gasteiger partial charge is 0.261 e. The lowest BCUT2D eigenvalue weighted by Crippen LogP contribution is -2.13. The zero-order valence-electron chi connectivity index (χ0n) is 9.68. The summed E-state index contributed by atoms with van der Waals surface area (Å²) in [7, 11) is 1.47. The number of carbonyl (C=O) groups excluding carboxylic acids is 1. The van der Waals surface area contributed by atoms with E-state index in [1.807, 2.05) is 0 Å².